The van der Waals surface area contributed by atoms with Gasteiger partial charge in [-0.15, -0.1) is 0 Å². The molecule has 0 aromatic heterocycles. The largest absolute Gasteiger partial charge is 0.343 e. The number of likely N-dealkylation sites (tertiary alicyclic amines) is 1. The second-order valence-electron chi connectivity index (χ2n) is 7.68. The second-order valence-corrected chi connectivity index (χ2v) is 8.59. The SMILES string of the molecule is O=C(NCC(=O)N1CCCC1c1ccc(Br)cc1)c1ccc(N2CCCC2=O)cc1. The molecule has 2 saturated heterocycles. The highest BCUT2D eigenvalue weighted by Crippen LogP contribution is 2.32. The Labute approximate surface area is 184 Å². The van der Waals surface area contributed by atoms with Gasteiger partial charge in [0, 0.05) is 35.2 Å². The number of amides is 3. The number of halogens is 1. The van der Waals surface area contributed by atoms with Crippen molar-refractivity contribution in [1.82, 2.24) is 10.2 Å². The van der Waals surface area contributed by atoms with Crippen LogP contribution in [0.25, 0.3) is 0 Å². The normalized spacial score (nSPS) is 18.7. The fourth-order valence-electron chi connectivity index (χ4n) is 4.17. The lowest BCUT2D eigenvalue weighted by atomic mass is 10.0. The van der Waals surface area contributed by atoms with E-state index < -0.39 is 0 Å². The quantitative estimate of drug-likeness (QED) is 0.725. The molecule has 1 atom stereocenters. The summed E-state index contributed by atoms with van der Waals surface area (Å²) in [6.07, 6.45) is 3.32. The van der Waals surface area contributed by atoms with Gasteiger partial charge in [0.2, 0.25) is 11.8 Å². The molecule has 4 rings (SSSR count). The molecule has 0 aliphatic carbocycles. The van der Waals surface area contributed by atoms with Gasteiger partial charge in [0.05, 0.1) is 12.6 Å². The van der Waals surface area contributed by atoms with E-state index >= 15 is 0 Å². The van der Waals surface area contributed by atoms with Crippen molar-refractivity contribution in [2.24, 2.45) is 0 Å². The van der Waals surface area contributed by atoms with E-state index in [-0.39, 0.29) is 30.3 Å². The van der Waals surface area contributed by atoms with Crippen molar-refractivity contribution in [3.63, 3.8) is 0 Å². The number of carbonyl (C=O) groups excluding carboxylic acids is 3. The lowest BCUT2D eigenvalue weighted by Crippen LogP contribution is -2.39. The smallest absolute Gasteiger partial charge is 0.251 e. The minimum absolute atomic E-state index is 0.0295. The van der Waals surface area contributed by atoms with Crippen LogP contribution in [-0.4, -0.2) is 42.3 Å². The van der Waals surface area contributed by atoms with Crippen LogP contribution in [0.3, 0.4) is 0 Å². The maximum Gasteiger partial charge on any atom is 0.251 e. The van der Waals surface area contributed by atoms with Crippen LogP contribution in [0.2, 0.25) is 0 Å². The van der Waals surface area contributed by atoms with E-state index in [9.17, 15) is 14.4 Å². The van der Waals surface area contributed by atoms with Crippen LogP contribution in [0.5, 0.6) is 0 Å². The number of rotatable bonds is 5. The average Bonchev–Trinajstić information content (AvgIpc) is 3.42. The highest BCUT2D eigenvalue weighted by molar-refractivity contribution is 9.10. The minimum Gasteiger partial charge on any atom is -0.343 e. The molecule has 1 unspecified atom stereocenters. The van der Waals surface area contributed by atoms with Crippen LogP contribution in [0, 0.1) is 0 Å². The van der Waals surface area contributed by atoms with Gasteiger partial charge >= 0.3 is 0 Å². The molecule has 2 aliphatic heterocycles. The summed E-state index contributed by atoms with van der Waals surface area (Å²) in [5.74, 6) is -0.251. The molecule has 1 N–H and O–H groups in total. The summed E-state index contributed by atoms with van der Waals surface area (Å²) in [5.41, 5.74) is 2.39. The molecule has 0 spiro atoms. The topological polar surface area (TPSA) is 69.7 Å². The summed E-state index contributed by atoms with van der Waals surface area (Å²) in [7, 11) is 0. The van der Waals surface area contributed by atoms with Crippen LogP contribution in [-0.2, 0) is 9.59 Å². The van der Waals surface area contributed by atoms with Gasteiger partial charge in [-0.3, -0.25) is 14.4 Å². The summed E-state index contributed by atoms with van der Waals surface area (Å²) in [5, 5.41) is 2.74. The molecule has 30 heavy (non-hydrogen) atoms. The molecular formula is C23H24BrN3O3. The standard InChI is InChI=1S/C23H24BrN3O3/c24-18-9-5-16(6-10-18)20-3-1-14-27(20)22(29)15-25-23(30)17-7-11-19(12-8-17)26-13-2-4-21(26)28/h5-12,20H,1-4,13-15H2,(H,25,30). The van der Waals surface area contributed by atoms with Crippen molar-refractivity contribution >= 4 is 39.3 Å². The van der Waals surface area contributed by atoms with Crippen molar-refractivity contribution in [1.29, 1.82) is 0 Å². The number of nitrogens with one attached hydrogen (secondary N) is 1. The molecule has 0 bridgehead atoms. The van der Waals surface area contributed by atoms with E-state index in [0.29, 0.717) is 25.1 Å². The van der Waals surface area contributed by atoms with Crippen molar-refractivity contribution < 1.29 is 14.4 Å². The Morgan fingerprint density at radius 1 is 1.00 bits per heavy atom. The molecule has 2 fully saturated rings. The van der Waals surface area contributed by atoms with Gasteiger partial charge in [-0.25, -0.2) is 0 Å². The molecule has 7 heteroatoms. The Bertz CT molecular complexity index is 943. The summed E-state index contributed by atoms with van der Waals surface area (Å²) in [6, 6.07) is 15.0. The predicted molar refractivity (Wildman–Crippen MR) is 118 cm³/mol. The van der Waals surface area contributed by atoms with Crippen LogP contribution < -0.4 is 10.2 Å². The number of benzene rings is 2. The summed E-state index contributed by atoms with van der Waals surface area (Å²) in [6.45, 7) is 1.39. The predicted octanol–water partition coefficient (Wildman–Crippen LogP) is 3.67. The third kappa shape index (κ3) is 4.41. The van der Waals surface area contributed by atoms with Gasteiger partial charge < -0.3 is 15.1 Å². The Balaban J connectivity index is 1.34. The van der Waals surface area contributed by atoms with Gasteiger partial charge in [-0.1, -0.05) is 28.1 Å². The van der Waals surface area contributed by atoms with E-state index in [1.54, 1.807) is 29.2 Å². The van der Waals surface area contributed by atoms with Gasteiger partial charge in [0.15, 0.2) is 0 Å². The highest BCUT2D eigenvalue weighted by Gasteiger charge is 2.30. The highest BCUT2D eigenvalue weighted by atomic mass is 79.9. The number of hydrogen-bond acceptors (Lipinski definition) is 3. The zero-order chi connectivity index (χ0) is 21.1. The lowest BCUT2D eigenvalue weighted by Gasteiger charge is -2.25. The van der Waals surface area contributed by atoms with Gasteiger partial charge in [-0.2, -0.15) is 0 Å². The van der Waals surface area contributed by atoms with E-state index in [4.69, 9.17) is 0 Å². The second kappa shape index (κ2) is 9.00. The fraction of sp³-hybridized carbons (Fsp3) is 0.348. The third-order valence-corrected chi connectivity index (χ3v) is 6.27. The van der Waals surface area contributed by atoms with Crippen molar-refractivity contribution in [3.05, 3.63) is 64.1 Å². The van der Waals surface area contributed by atoms with E-state index in [1.807, 2.05) is 29.2 Å². The van der Waals surface area contributed by atoms with Gasteiger partial charge in [0.1, 0.15) is 0 Å². The molecule has 2 heterocycles. The first-order valence-corrected chi connectivity index (χ1v) is 11.1. The molecule has 3 amide bonds. The van der Waals surface area contributed by atoms with Crippen LogP contribution in [0.15, 0.2) is 53.0 Å². The number of anilines is 1. The summed E-state index contributed by atoms with van der Waals surface area (Å²) < 4.78 is 1.01. The van der Waals surface area contributed by atoms with Crippen LogP contribution in [0.4, 0.5) is 5.69 Å². The number of nitrogens with zero attached hydrogens (tertiary/aromatic N) is 2. The Hall–Kier alpha value is -2.67. The Morgan fingerprint density at radius 2 is 1.73 bits per heavy atom. The van der Waals surface area contributed by atoms with E-state index in [1.165, 1.54) is 0 Å². The van der Waals surface area contributed by atoms with Gasteiger partial charge in [0.25, 0.3) is 5.91 Å². The molecule has 0 saturated carbocycles. The van der Waals surface area contributed by atoms with Crippen molar-refractivity contribution in [2.45, 2.75) is 31.7 Å². The molecule has 0 radical (unpaired) electrons. The summed E-state index contributed by atoms with van der Waals surface area (Å²) >= 11 is 3.44. The average molecular weight is 470 g/mol. The van der Waals surface area contributed by atoms with Crippen molar-refractivity contribution in [2.75, 3.05) is 24.5 Å². The molecular weight excluding hydrogens is 446 g/mol. The zero-order valence-electron chi connectivity index (χ0n) is 16.6. The molecule has 2 aliphatic rings. The molecule has 6 nitrogen and oxygen atoms in total. The van der Waals surface area contributed by atoms with Crippen LogP contribution >= 0.6 is 15.9 Å². The number of carbonyl (C=O) groups is 3. The van der Waals surface area contributed by atoms with E-state index in [2.05, 4.69) is 21.2 Å². The maximum absolute atomic E-state index is 12.8. The van der Waals surface area contributed by atoms with Crippen molar-refractivity contribution in [3.8, 4) is 0 Å². The summed E-state index contributed by atoms with van der Waals surface area (Å²) in [4.78, 5) is 40.7. The first-order chi connectivity index (χ1) is 14.5. The monoisotopic (exact) mass is 469 g/mol. The third-order valence-electron chi connectivity index (χ3n) is 5.74. The molecule has 2 aromatic carbocycles. The molecule has 2 aromatic rings. The first-order valence-electron chi connectivity index (χ1n) is 10.3. The fourth-order valence-corrected chi connectivity index (χ4v) is 4.43. The maximum atomic E-state index is 12.8. The zero-order valence-corrected chi connectivity index (χ0v) is 18.2. The minimum atomic E-state index is -0.290. The Morgan fingerprint density at radius 3 is 2.40 bits per heavy atom. The molecule has 156 valence electrons. The first kappa shape index (κ1) is 20.6. The van der Waals surface area contributed by atoms with E-state index in [0.717, 1.165) is 35.0 Å². The Kier molecular flexibility index (Phi) is 6.18. The lowest BCUT2D eigenvalue weighted by molar-refractivity contribution is -0.131. The number of hydrogen-bond donors (Lipinski definition) is 1. The van der Waals surface area contributed by atoms with Gasteiger partial charge in [-0.05, 0) is 61.2 Å². The van der Waals surface area contributed by atoms with Crippen LogP contribution in [0.1, 0.15) is 47.6 Å².